The molecule has 0 radical (unpaired) electrons. The first-order chi connectivity index (χ1) is 15.0. The van der Waals surface area contributed by atoms with E-state index < -0.39 is 0 Å². The van der Waals surface area contributed by atoms with Crippen molar-refractivity contribution in [2.24, 2.45) is 12.8 Å². The molecular formula is C26H29ClN4. The number of hydrogen-bond acceptors (Lipinski definition) is 3. The Balaban J connectivity index is 1.60. The third-order valence-corrected chi connectivity index (χ3v) is 6.94. The topological polar surface area (TPSA) is 47.1 Å². The van der Waals surface area contributed by atoms with Crippen LogP contribution in [0.3, 0.4) is 0 Å². The van der Waals surface area contributed by atoms with E-state index in [1.54, 1.807) is 0 Å². The number of nitrogens with two attached hydrogens (primary N) is 1. The molecule has 2 aromatic carbocycles. The fraction of sp³-hybridized carbons (Fsp3) is 0.346. The first kappa shape index (κ1) is 20.3. The maximum absolute atomic E-state index is 6.40. The molecule has 4 aromatic rings. The second kappa shape index (κ2) is 8.18. The van der Waals surface area contributed by atoms with Gasteiger partial charge in [-0.05, 0) is 74.1 Å². The molecule has 0 saturated heterocycles. The zero-order chi connectivity index (χ0) is 21.5. The van der Waals surface area contributed by atoms with E-state index in [-0.39, 0.29) is 6.04 Å². The molecular weight excluding hydrogens is 404 g/mol. The predicted molar refractivity (Wildman–Crippen MR) is 131 cm³/mol. The molecule has 1 aliphatic rings. The molecule has 2 N–H and O–H groups in total. The van der Waals surface area contributed by atoms with Gasteiger partial charge in [-0.2, -0.15) is 0 Å². The van der Waals surface area contributed by atoms with E-state index in [4.69, 9.17) is 22.3 Å². The number of para-hydroxylation sites is 1. The fourth-order valence-electron chi connectivity index (χ4n) is 5.11. The lowest BCUT2D eigenvalue weighted by atomic mass is 9.90. The van der Waals surface area contributed by atoms with E-state index in [1.807, 2.05) is 18.2 Å². The van der Waals surface area contributed by atoms with Gasteiger partial charge in [-0.25, -0.2) is 4.98 Å². The zero-order valence-electron chi connectivity index (χ0n) is 18.2. The van der Waals surface area contributed by atoms with Gasteiger partial charge in [-0.1, -0.05) is 29.8 Å². The molecule has 0 spiro atoms. The maximum Gasteiger partial charge on any atom is 0.130 e. The van der Waals surface area contributed by atoms with Gasteiger partial charge in [0, 0.05) is 53.2 Å². The molecule has 2 atom stereocenters. The largest absolute Gasteiger partial charge is 0.350 e. The average molecular weight is 433 g/mol. The number of halogens is 1. The van der Waals surface area contributed by atoms with E-state index in [0.717, 1.165) is 47.6 Å². The van der Waals surface area contributed by atoms with Crippen LogP contribution in [-0.2, 0) is 13.6 Å². The van der Waals surface area contributed by atoms with Gasteiger partial charge in [0.25, 0.3) is 0 Å². The summed E-state index contributed by atoms with van der Waals surface area (Å²) in [6.45, 7) is 2.97. The molecule has 0 amide bonds. The highest BCUT2D eigenvalue weighted by Crippen LogP contribution is 2.32. The highest BCUT2D eigenvalue weighted by molar-refractivity contribution is 6.31. The van der Waals surface area contributed by atoms with Crippen LogP contribution in [0.4, 0.5) is 5.82 Å². The van der Waals surface area contributed by atoms with Crippen molar-refractivity contribution in [3.8, 4) is 0 Å². The lowest BCUT2D eigenvalue weighted by Gasteiger charge is -2.37. The van der Waals surface area contributed by atoms with E-state index in [2.05, 4.69) is 60.0 Å². The second-order valence-corrected chi connectivity index (χ2v) is 9.39. The van der Waals surface area contributed by atoms with E-state index in [9.17, 15) is 0 Å². The van der Waals surface area contributed by atoms with Gasteiger partial charge in [-0.15, -0.1) is 0 Å². The molecule has 4 nitrogen and oxygen atoms in total. The van der Waals surface area contributed by atoms with Gasteiger partial charge in [-0.3, -0.25) is 0 Å². The summed E-state index contributed by atoms with van der Waals surface area (Å²) in [7, 11) is 2.12. The molecule has 31 heavy (non-hydrogen) atoms. The number of benzene rings is 2. The number of fused-ring (bicyclic) bond motifs is 2. The van der Waals surface area contributed by atoms with E-state index >= 15 is 0 Å². The summed E-state index contributed by atoms with van der Waals surface area (Å²) < 4.78 is 2.22. The number of hydrogen-bond donors (Lipinski definition) is 1. The molecule has 1 fully saturated rings. The fourth-order valence-corrected chi connectivity index (χ4v) is 5.28. The first-order valence-corrected chi connectivity index (χ1v) is 11.5. The number of pyridine rings is 1. The lowest BCUT2D eigenvalue weighted by molar-refractivity contribution is 0.370. The minimum Gasteiger partial charge on any atom is -0.350 e. The Labute approximate surface area is 188 Å². The van der Waals surface area contributed by atoms with Crippen LogP contribution in [0.25, 0.3) is 21.8 Å². The molecule has 2 heterocycles. The zero-order valence-corrected chi connectivity index (χ0v) is 18.9. The molecule has 0 aliphatic heterocycles. The van der Waals surface area contributed by atoms with Gasteiger partial charge in [0.2, 0.25) is 0 Å². The van der Waals surface area contributed by atoms with Gasteiger partial charge >= 0.3 is 0 Å². The number of anilines is 1. The third kappa shape index (κ3) is 3.90. The van der Waals surface area contributed by atoms with Crippen molar-refractivity contribution in [1.29, 1.82) is 0 Å². The summed E-state index contributed by atoms with van der Waals surface area (Å²) in [5.41, 5.74) is 11.2. The molecule has 1 aliphatic carbocycles. The van der Waals surface area contributed by atoms with Crippen LogP contribution in [0, 0.1) is 6.92 Å². The van der Waals surface area contributed by atoms with Gasteiger partial charge in [0.05, 0.1) is 5.52 Å². The van der Waals surface area contributed by atoms with Crippen molar-refractivity contribution >= 4 is 39.2 Å². The van der Waals surface area contributed by atoms with Crippen molar-refractivity contribution in [2.45, 2.75) is 51.2 Å². The molecule has 0 bridgehead atoms. The van der Waals surface area contributed by atoms with E-state index in [0.29, 0.717) is 6.04 Å². The van der Waals surface area contributed by atoms with Crippen molar-refractivity contribution < 1.29 is 0 Å². The van der Waals surface area contributed by atoms with Crippen LogP contribution in [-0.4, -0.2) is 21.6 Å². The highest BCUT2D eigenvalue weighted by Gasteiger charge is 2.27. The van der Waals surface area contributed by atoms with Gasteiger partial charge in [0.1, 0.15) is 5.82 Å². The van der Waals surface area contributed by atoms with Crippen molar-refractivity contribution in [3.63, 3.8) is 0 Å². The molecule has 2 aromatic heterocycles. The van der Waals surface area contributed by atoms with Crippen LogP contribution in [0.5, 0.6) is 0 Å². The van der Waals surface area contributed by atoms with Crippen molar-refractivity contribution in [2.75, 3.05) is 4.90 Å². The SMILES string of the molecule is Cc1cc(N(Cc2cn(C)c3ccccc23)[C@H]2CCC[C@H](N)C2)nc2ccc(Cl)cc12. The Morgan fingerprint density at radius 2 is 1.97 bits per heavy atom. The van der Waals surface area contributed by atoms with Gasteiger partial charge < -0.3 is 15.2 Å². The Kier molecular flexibility index (Phi) is 5.37. The summed E-state index contributed by atoms with van der Waals surface area (Å²) in [5, 5.41) is 3.16. The van der Waals surface area contributed by atoms with E-state index in [1.165, 1.54) is 28.5 Å². The highest BCUT2D eigenvalue weighted by atomic mass is 35.5. The Hall–Kier alpha value is -2.56. The summed E-state index contributed by atoms with van der Waals surface area (Å²) in [5.74, 6) is 1.03. The molecule has 160 valence electrons. The molecule has 0 unspecified atom stereocenters. The van der Waals surface area contributed by atoms with Gasteiger partial charge in [0.15, 0.2) is 0 Å². The number of aryl methyl sites for hydroxylation is 2. The minimum absolute atomic E-state index is 0.258. The summed E-state index contributed by atoms with van der Waals surface area (Å²) in [6, 6.07) is 17.4. The number of aromatic nitrogens is 2. The van der Waals surface area contributed by atoms with Crippen LogP contribution < -0.4 is 10.6 Å². The third-order valence-electron chi connectivity index (χ3n) is 6.71. The molecule has 5 heteroatoms. The molecule has 5 rings (SSSR count). The predicted octanol–water partition coefficient (Wildman–Crippen LogP) is 5.96. The Bertz CT molecular complexity index is 1250. The average Bonchev–Trinajstić information content (AvgIpc) is 3.08. The standard InChI is InChI=1S/C26H29ClN4/c1-17-12-26(29-24-11-10-19(27)13-23(17)24)31(21-7-5-6-20(28)14-21)16-18-15-30(2)25-9-4-3-8-22(18)25/h3-4,8-13,15,20-21H,5-7,14,16,28H2,1-2H3/t20-,21-/m0/s1. The van der Waals surface area contributed by atoms with Crippen LogP contribution in [0.2, 0.25) is 5.02 Å². The summed E-state index contributed by atoms with van der Waals surface area (Å²) in [6.07, 6.45) is 6.69. The van der Waals surface area contributed by atoms with Crippen molar-refractivity contribution in [3.05, 3.63) is 70.9 Å². The lowest BCUT2D eigenvalue weighted by Crippen LogP contribution is -2.42. The first-order valence-electron chi connectivity index (χ1n) is 11.1. The normalized spacial score (nSPS) is 19.2. The minimum atomic E-state index is 0.258. The summed E-state index contributed by atoms with van der Waals surface area (Å²) >= 11 is 6.24. The quantitative estimate of drug-likeness (QED) is 0.432. The monoisotopic (exact) mass is 432 g/mol. The van der Waals surface area contributed by atoms with Crippen LogP contribution in [0.15, 0.2) is 54.7 Å². The molecule has 1 saturated carbocycles. The Morgan fingerprint density at radius 1 is 1.13 bits per heavy atom. The summed E-state index contributed by atoms with van der Waals surface area (Å²) in [4.78, 5) is 7.57. The van der Waals surface area contributed by atoms with Crippen molar-refractivity contribution in [1.82, 2.24) is 9.55 Å². The number of nitrogens with zero attached hydrogens (tertiary/aromatic N) is 3. The Morgan fingerprint density at radius 3 is 2.81 bits per heavy atom. The van der Waals surface area contributed by atoms with Crippen LogP contribution in [0.1, 0.15) is 36.8 Å². The maximum atomic E-state index is 6.40. The second-order valence-electron chi connectivity index (χ2n) is 8.95. The smallest absolute Gasteiger partial charge is 0.130 e. The van der Waals surface area contributed by atoms with Crippen LogP contribution >= 0.6 is 11.6 Å². The number of rotatable bonds is 4.